The van der Waals surface area contributed by atoms with Gasteiger partial charge in [-0.2, -0.15) is 0 Å². The van der Waals surface area contributed by atoms with Crippen LogP contribution in [0.25, 0.3) is 5.69 Å². The molecule has 0 bridgehead atoms. The average Bonchev–Trinajstić information content (AvgIpc) is 3.42. The van der Waals surface area contributed by atoms with Crippen LogP contribution in [0.15, 0.2) is 48.5 Å². The number of hydrogen-bond acceptors (Lipinski definition) is 4. The third-order valence-electron chi connectivity index (χ3n) is 6.18. The molecule has 2 fully saturated rings. The fraction of sp³-hybridized carbons (Fsp3) is 0.360. The van der Waals surface area contributed by atoms with E-state index in [1.807, 2.05) is 60.4 Å². The summed E-state index contributed by atoms with van der Waals surface area (Å²) in [5.41, 5.74) is 5.53. The summed E-state index contributed by atoms with van der Waals surface area (Å²) in [7, 11) is 0. The Morgan fingerprint density at radius 1 is 1.06 bits per heavy atom. The van der Waals surface area contributed by atoms with Crippen LogP contribution in [0.3, 0.4) is 0 Å². The Morgan fingerprint density at radius 3 is 2.44 bits per heavy atom. The molecule has 32 heavy (non-hydrogen) atoms. The van der Waals surface area contributed by atoms with Gasteiger partial charge in [-0.25, -0.2) is 4.68 Å². The van der Waals surface area contributed by atoms with Crippen LogP contribution in [-0.4, -0.2) is 38.3 Å². The molecule has 3 aromatic rings. The lowest BCUT2D eigenvalue weighted by Crippen LogP contribution is -2.25. The lowest BCUT2D eigenvalue weighted by atomic mass is 10.1. The van der Waals surface area contributed by atoms with Gasteiger partial charge in [0.15, 0.2) is 5.69 Å². The number of nitrogens with one attached hydrogen (secondary N) is 1. The Kier molecular flexibility index (Phi) is 5.47. The minimum absolute atomic E-state index is 0.197. The van der Waals surface area contributed by atoms with E-state index in [2.05, 4.69) is 15.6 Å². The van der Waals surface area contributed by atoms with Gasteiger partial charge in [-0.3, -0.25) is 9.59 Å². The molecule has 2 aliphatic rings. The van der Waals surface area contributed by atoms with Gasteiger partial charge >= 0.3 is 0 Å². The Labute approximate surface area is 187 Å². The maximum absolute atomic E-state index is 12.9. The van der Waals surface area contributed by atoms with Crippen molar-refractivity contribution in [2.24, 2.45) is 0 Å². The van der Waals surface area contributed by atoms with Gasteiger partial charge in [-0.1, -0.05) is 47.2 Å². The maximum atomic E-state index is 12.9. The van der Waals surface area contributed by atoms with Crippen molar-refractivity contribution in [2.75, 3.05) is 6.54 Å². The van der Waals surface area contributed by atoms with Crippen LogP contribution in [0.5, 0.6) is 0 Å². The zero-order valence-electron chi connectivity index (χ0n) is 18.3. The second kappa shape index (κ2) is 8.57. The molecule has 1 aliphatic heterocycles. The zero-order valence-corrected chi connectivity index (χ0v) is 18.3. The number of carbonyl (C=O) groups is 2. The summed E-state index contributed by atoms with van der Waals surface area (Å²) < 4.78 is 1.81. The minimum atomic E-state index is -0.197. The van der Waals surface area contributed by atoms with Crippen LogP contribution in [0.2, 0.25) is 0 Å². The van der Waals surface area contributed by atoms with Gasteiger partial charge in [-0.05, 0) is 49.4 Å². The predicted octanol–water partition coefficient (Wildman–Crippen LogP) is 3.51. The fourth-order valence-electron chi connectivity index (χ4n) is 4.17. The molecule has 0 unspecified atom stereocenters. The number of benzene rings is 2. The number of amides is 2. The molecule has 2 amide bonds. The van der Waals surface area contributed by atoms with Gasteiger partial charge in [0, 0.05) is 32.0 Å². The van der Waals surface area contributed by atoms with E-state index in [4.69, 9.17) is 0 Å². The molecule has 2 aromatic carbocycles. The SMILES string of the molecule is Cc1ccc(-n2nnc(C(=O)NCc3ccc(CN4CCCC4=O)cc3)c2C2CC2)cc1. The highest BCUT2D eigenvalue weighted by Gasteiger charge is 2.34. The van der Waals surface area contributed by atoms with E-state index >= 15 is 0 Å². The molecule has 1 N–H and O–H groups in total. The number of aryl methyl sites for hydroxylation is 1. The summed E-state index contributed by atoms with van der Waals surface area (Å²) in [5.74, 6) is 0.364. The van der Waals surface area contributed by atoms with E-state index in [0.717, 1.165) is 48.3 Å². The molecule has 1 aliphatic carbocycles. The van der Waals surface area contributed by atoms with Crippen molar-refractivity contribution in [1.29, 1.82) is 0 Å². The van der Waals surface area contributed by atoms with Crippen LogP contribution in [0.1, 0.15) is 64.5 Å². The van der Waals surface area contributed by atoms with Gasteiger partial charge in [0.2, 0.25) is 5.91 Å². The Morgan fingerprint density at radius 2 is 1.78 bits per heavy atom. The van der Waals surface area contributed by atoms with Crippen LogP contribution in [0, 0.1) is 6.92 Å². The van der Waals surface area contributed by atoms with Crippen molar-refractivity contribution < 1.29 is 9.59 Å². The van der Waals surface area contributed by atoms with Crippen LogP contribution in [0.4, 0.5) is 0 Å². The second-order valence-electron chi connectivity index (χ2n) is 8.76. The molecule has 1 saturated heterocycles. The molecular weight excluding hydrogens is 402 g/mol. The first-order valence-corrected chi connectivity index (χ1v) is 11.2. The highest BCUT2D eigenvalue weighted by molar-refractivity contribution is 5.93. The largest absolute Gasteiger partial charge is 0.347 e. The van der Waals surface area contributed by atoms with Gasteiger partial charge < -0.3 is 10.2 Å². The quantitative estimate of drug-likeness (QED) is 0.623. The van der Waals surface area contributed by atoms with Crippen LogP contribution < -0.4 is 5.32 Å². The lowest BCUT2D eigenvalue weighted by Gasteiger charge is -2.15. The van der Waals surface area contributed by atoms with Gasteiger partial charge in [0.25, 0.3) is 5.91 Å². The third-order valence-corrected chi connectivity index (χ3v) is 6.18. The van der Waals surface area contributed by atoms with Crippen LogP contribution >= 0.6 is 0 Å². The van der Waals surface area contributed by atoms with Gasteiger partial charge in [0.1, 0.15) is 0 Å². The Balaban J connectivity index is 1.25. The normalized spacial score (nSPS) is 15.9. The molecule has 0 atom stereocenters. The number of likely N-dealkylation sites (tertiary alicyclic amines) is 1. The first-order valence-electron chi connectivity index (χ1n) is 11.2. The number of nitrogens with zero attached hydrogens (tertiary/aromatic N) is 4. The Bertz CT molecular complexity index is 1130. The first-order chi connectivity index (χ1) is 15.6. The van der Waals surface area contributed by atoms with Gasteiger partial charge in [-0.15, -0.1) is 5.10 Å². The fourth-order valence-corrected chi connectivity index (χ4v) is 4.17. The third kappa shape index (κ3) is 4.28. The predicted molar refractivity (Wildman–Crippen MR) is 120 cm³/mol. The number of carbonyl (C=O) groups excluding carboxylic acids is 2. The molecule has 164 valence electrons. The lowest BCUT2D eigenvalue weighted by molar-refractivity contribution is -0.128. The van der Waals surface area contributed by atoms with E-state index in [-0.39, 0.29) is 11.8 Å². The number of rotatable bonds is 7. The summed E-state index contributed by atoms with van der Waals surface area (Å²) in [4.78, 5) is 26.6. The molecule has 7 nitrogen and oxygen atoms in total. The summed E-state index contributed by atoms with van der Waals surface area (Å²) >= 11 is 0. The zero-order chi connectivity index (χ0) is 22.1. The van der Waals surface area contributed by atoms with E-state index in [0.29, 0.717) is 31.1 Å². The second-order valence-corrected chi connectivity index (χ2v) is 8.76. The number of aromatic nitrogens is 3. The van der Waals surface area contributed by atoms with Gasteiger partial charge in [0.05, 0.1) is 11.4 Å². The van der Waals surface area contributed by atoms with E-state index in [1.165, 1.54) is 5.56 Å². The molecule has 7 heteroatoms. The topological polar surface area (TPSA) is 80.1 Å². The van der Waals surface area contributed by atoms with E-state index < -0.39 is 0 Å². The highest BCUT2D eigenvalue weighted by atomic mass is 16.2. The smallest absolute Gasteiger partial charge is 0.274 e. The summed E-state index contributed by atoms with van der Waals surface area (Å²) in [6.45, 7) is 3.95. The molecule has 1 saturated carbocycles. The van der Waals surface area contributed by atoms with Crippen molar-refractivity contribution in [3.63, 3.8) is 0 Å². The van der Waals surface area contributed by atoms with Crippen molar-refractivity contribution in [2.45, 2.75) is 51.6 Å². The molecule has 2 heterocycles. The van der Waals surface area contributed by atoms with E-state index in [9.17, 15) is 9.59 Å². The maximum Gasteiger partial charge on any atom is 0.274 e. The molecule has 0 spiro atoms. The minimum Gasteiger partial charge on any atom is -0.347 e. The molecule has 1 aromatic heterocycles. The van der Waals surface area contributed by atoms with Crippen molar-refractivity contribution in [3.05, 3.63) is 76.6 Å². The monoisotopic (exact) mass is 429 g/mol. The summed E-state index contributed by atoms with van der Waals surface area (Å²) in [6.07, 6.45) is 3.71. The Hall–Kier alpha value is -3.48. The van der Waals surface area contributed by atoms with Crippen molar-refractivity contribution in [1.82, 2.24) is 25.2 Å². The number of hydrogen-bond donors (Lipinski definition) is 1. The molecular formula is C25H27N5O2. The molecule has 5 rings (SSSR count). The summed E-state index contributed by atoms with van der Waals surface area (Å²) in [5, 5.41) is 11.5. The average molecular weight is 430 g/mol. The summed E-state index contributed by atoms with van der Waals surface area (Å²) in [6, 6.07) is 16.1. The highest BCUT2D eigenvalue weighted by Crippen LogP contribution is 2.42. The van der Waals surface area contributed by atoms with Crippen LogP contribution in [-0.2, 0) is 17.9 Å². The van der Waals surface area contributed by atoms with Crippen molar-refractivity contribution >= 4 is 11.8 Å². The first kappa shape index (κ1) is 20.4. The standard InChI is InChI=1S/C25H27N5O2/c1-17-4-12-21(13-5-17)30-24(20-10-11-20)23(27-28-30)25(32)26-15-18-6-8-19(9-7-18)16-29-14-2-3-22(29)31/h4-9,12-13,20H,2-3,10-11,14-16H2,1H3,(H,26,32). The van der Waals surface area contributed by atoms with Crippen molar-refractivity contribution in [3.8, 4) is 5.69 Å². The van der Waals surface area contributed by atoms with E-state index in [1.54, 1.807) is 4.68 Å². The molecule has 0 radical (unpaired) electrons.